The van der Waals surface area contributed by atoms with E-state index >= 15 is 0 Å². The van der Waals surface area contributed by atoms with E-state index in [1.54, 1.807) is 0 Å². The van der Waals surface area contributed by atoms with Crippen LogP contribution < -0.4 is 0 Å². The molecule has 0 saturated heterocycles. The minimum absolute atomic E-state index is 0.105. The highest BCUT2D eigenvalue weighted by molar-refractivity contribution is 7.47. The molecule has 93 heavy (non-hydrogen) atoms. The van der Waals surface area contributed by atoms with Gasteiger partial charge in [0.25, 0.3) is 0 Å². The molecule has 0 aliphatic carbocycles. The van der Waals surface area contributed by atoms with Gasteiger partial charge in [-0.1, -0.05) is 336 Å². The largest absolute Gasteiger partial charge is 0.472 e. The van der Waals surface area contributed by atoms with Crippen molar-refractivity contribution >= 4 is 39.5 Å². The molecule has 0 fully saturated rings. The molecule has 0 saturated carbocycles. The van der Waals surface area contributed by atoms with Gasteiger partial charge in [0.15, 0.2) is 12.2 Å². The number of esters is 4. The van der Waals surface area contributed by atoms with Crippen molar-refractivity contribution in [1.29, 1.82) is 0 Å². The molecule has 0 heterocycles. The van der Waals surface area contributed by atoms with Crippen LogP contribution in [0, 0.1) is 5.92 Å². The molecule has 552 valence electrons. The van der Waals surface area contributed by atoms with Gasteiger partial charge in [-0.05, 0) is 31.6 Å². The fourth-order valence-corrected chi connectivity index (χ4v) is 12.9. The Morgan fingerprint density at radius 2 is 0.495 bits per heavy atom. The molecule has 0 radical (unpaired) electrons. The first-order valence-electron chi connectivity index (χ1n) is 38.6. The minimum atomic E-state index is -4.95. The van der Waals surface area contributed by atoms with Gasteiger partial charge < -0.3 is 33.8 Å². The summed E-state index contributed by atoms with van der Waals surface area (Å²) in [5, 5.41) is 10.6. The second-order valence-electron chi connectivity index (χ2n) is 27.2. The van der Waals surface area contributed by atoms with Crippen LogP contribution in [-0.4, -0.2) is 96.7 Å². The third-order valence-electron chi connectivity index (χ3n) is 17.3. The van der Waals surface area contributed by atoms with E-state index in [-0.39, 0.29) is 25.7 Å². The Morgan fingerprint density at radius 3 is 0.731 bits per heavy atom. The maximum atomic E-state index is 13.1. The van der Waals surface area contributed by atoms with E-state index in [9.17, 15) is 43.2 Å². The predicted molar refractivity (Wildman–Crippen MR) is 377 cm³/mol. The van der Waals surface area contributed by atoms with Gasteiger partial charge in [-0.25, -0.2) is 9.13 Å². The average molecular weight is 1370 g/mol. The molecular weight excluding hydrogens is 1220 g/mol. The van der Waals surface area contributed by atoms with Crippen molar-refractivity contribution in [1.82, 2.24) is 0 Å². The Kier molecular flexibility index (Phi) is 65.9. The number of carbonyl (C=O) groups is 4. The molecule has 0 bridgehead atoms. The van der Waals surface area contributed by atoms with Crippen LogP contribution in [0.2, 0.25) is 0 Å². The summed E-state index contributed by atoms with van der Waals surface area (Å²) in [6.07, 6.45) is 55.7. The molecule has 0 aromatic rings. The van der Waals surface area contributed by atoms with Crippen molar-refractivity contribution in [3.63, 3.8) is 0 Å². The number of hydrogen-bond acceptors (Lipinski definition) is 15. The molecule has 0 aromatic heterocycles. The summed E-state index contributed by atoms with van der Waals surface area (Å²) in [7, 11) is -9.90. The van der Waals surface area contributed by atoms with E-state index in [1.807, 2.05) is 0 Å². The molecule has 0 aromatic carbocycles. The SMILES string of the molecule is CCCCCCCCCCCCCCCCCCCC(=O)OC[C@H](COP(=O)(O)OC[C@@H](O)COP(=O)(O)OC[C@@H](COC(=O)CCCCCCCCC)OC(=O)CCCCCCCCCCCC(C)C)OC(=O)CCCCCCCCCCCCCCCCCCC. The quantitative estimate of drug-likeness (QED) is 0.0222. The number of aliphatic hydroxyl groups excluding tert-OH is 1. The number of unbranched alkanes of at least 4 members (excludes halogenated alkanes) is 46. The third-order valence-corrected chi connectivity index (χ3v) is 19.2. The first-order valence-corrected chi connectivity index (χ1v) is 41.6. The standard InChI is InChI=1S/C74H144O17P2/c1-6-9-12-15-18-20-22-24-26-28-30-32-34-38-43-48-53-58-72(77)85-64-70(91-73(78)59-54-49-44-39-35-33-31-29-27-25-23-21-19-16-13-10-7-2)66-89-93(82,83)87-62-68(75)61-86-92(80,81)88-65-69(63-84-71(76)57-52-47-41-17-14-11-8-3)90-74(79)60-55-50-45-40-36-37-42-46-51-56-67(4)5/h67-70,75H,6-66H2,1-5H3,(H,80,81)(H,82,83)/t68-,69+,70+/m0/s1. The van der Waals surface area contributed by atoms with Crippen molar-refractivity contribution in [2.75, 3.05) is 39.6 Å². The Morgan fingerprint density at radius 1 is 0.290 bits per heavy atom. The number of phosphoric ester groups is 2. The van der Waals surface area contributed by atoms with Crippen molar-refractivity contribution in [2.24, 2.45) is 5.92 Å². The average Bonchev–Trinajstić information content (AvgIpc) is 2.45. The topological polar surface area (TPSA) is 237 Å². The Labute approximate surface area is 568 Å². The summed E-state index contributed by atoms with van der Waals surface area (Å²) in [4.78, 5) is 72.6. The van der Waals surface area contributed by atoms with E-state index < -0.39 is 97.5 Å². The predicted octanol–water partition coefficient (Wildman–Crippen LogP) is 21.7. The molecule has 0 aliphatic rings. The van der Waals surface area contributed by atoms with Gasteiger partial charge in [0.05, 0.1) is 26.4 Å². The monoisotopic (exact) mass is 1370 g/mol. The van der Waals surface area contributed by atoms with Gasteiger partial charge in [-0.15, -0.1) is 0 Å². The molecular formula is C74H144O17P2. The third kappa shape index (κ3) is 68.4. The number of hydrogen-bond donors (Lipinski definition) is 3. The van der Waals surface area contributed by atoms with E-state index in [0.717, 1.165) is 109 Å². The van der Waals surface area contributed by atoms with E-state index in [1.165, 1.54) is 199 Å². The maximum Gasteiger partial charge on any atom is 0.472 e. The van der Waals surface area contributed by atoms with Crippen LogP contribution in [0.5, 0.6) is 0 Å². The molecule has 5 atom stereocenters. The molecule has 3 N–H and O–H groups in total. The van der Waals surface area contributed by atoms with Crippen molar-refractivity contribution < 1.29 is 80.2 Å². The second kappa shape index (κ2) is 67.3. The van der Waals surface area contributed by atoms with Crippen LogP contribution >= 0.6 is 15.6 Å². The van der Waals surface area contributed by atoms with E-state index in [4.69, 9.17) is 37.0 Å². The molecule has 0 rings (SSSR count). The van der Waals surface area contributed by atoms with E-state index in [2.05, 4.69) is 34.6 Å². The minimum Gasteiger partial charge on any atom is -0.462 e. The summed E-state index contributed by atoms with van der Waals surface area (Å²) >= 11 is 0. The zero-order valence-electron chi connectivity index (χ0n) is 60.4. The lowest BCUT2D eigenvalue weighted by molar-refractivity contribution is -0.161. The molecule has 2 unspecified atom stereocenters. The summed E-state index contributed by atoms with van der Waals surface area (Å²) < 4.78 is 68.3. The Bertz CT molecular complexity index is 1790. The maximum absolute atomic E-state index is 13.1. The van der Waals surface area contributed by atoms with Crippen LogP contribution in [0.25, 0.3) is 0 Å². The summed E-state index contributed by atoms with van der Waals surface area (Å²) in [6.45, 7) is 7.22. The fourth-order valence-electron chi connectivity index (χ4n) is 11.4. The van der Waals surface area contributed by atoms with Crippen molar-refractivity contribution in [3.05, 3.63) is 0 Å². The zero-order chi connectivity index (χ0) is 68.4. The number of carbonyl (C=O) groups excluding carboxylic acids is 4. The van der Waals surface area contributed by atoms with Crippen molar-refractivity contribution in [3.8, 4) is 0 Å². The van der Waals surface area contributed by atoms with Crippen LogP contribution in [0.4, 0.5) is 0 Å². The van der Waals surface area contributed by atoms with Gasteiger partial charge in [-0.2, -0.15) is 0 Å². The highest BCUT2D eigenvalue weighted by Gasteiger charge is 2.30. The second-order valence-corrected chi connectivity index (χ2v) is 30.1. The fraction of sp³-hybridized carbons (Fsp3) is 0.946. The molecule has 0 aliphatic heterocycles. The van der Waals surface area contributed by atoms with Gasteiger partial charge in [0, 0.05) is 25.7 Å². The zero-order valence-corrected chi connectivity index (χ0v) is 62.2. The summed E-state index contributed by atoms with van der Waals surface area (Å²) in [5.74, 6) is -1.38. The van der Waals surface area contributed by atoms with Gasteiger partial charge in [0.2, 0.25) is 0 Å². The summed E-state index contributed by atoms with van der Waals surface area (Å²) in [6, 6.07) is 0. The number of aliphatic hydroxyl groups is 1. The first kappa shape index (κ1) is 91.1. The Hall–Kier alpha value is -1.94. The van der Waals surface area contributed by atoms with Crippen LogP contribution in [0.15, 0.2) is 0 Å². The lowest BCUT2D eigenvalue weighted by Crippen LogP contribution is -2.30. The normalized spacial score (nSPS) is 14.0. The van der Waals surface area contributed by atoms with Gasteiger partial charge >= 0.3 is 39.5 Å². The Balaban J connectivity index is 5.19. The smallest absolute Gasteiger partial charge is 0.462 e. The highest BCUT2D eigenvalue weighted by Crippen LogP contribution is 2.45. The number of ether oxygens (including phenoxy) is 4. The van der Waals surface area contributed by atoms with Crippen LogP contribution in [-0.2, 0) is 65.4 Å². The summed E-state index contributed by atoms with van der Waals surface area (Å²) in [5.41, 5.74) is 0. The lowest BCUT2D eigenvalue weighted by atomic mass is 10.0. The van der Waals surface area contributed by atoms with Crippen LogP contribution in [0.1, 0.15) is 388 Å². The highest BCUT2D eigenvalue weighted by atomic mass is 31.2. The van der Waals surface area contributed by atoms with Gasteiger partial charge in [0.1, 0.15) is 19.3 Å². The van der Waals surface area contributed by atoms with Gasteiger partial charge in [-0.3, -0.25) is 37.3 Å². The number of rotatable bonds is 74. The lowest BCUT2D eigenvalue weighted by Gasteiger charge is -2.21. The molecule has 0 spiro atoms. The molecule has 19 heteroatoms. The van der Waals surface area contributed by atoms with Crippen molar-refractivity contribution in [2.45, 2.75) is 406 Å². The molecule has 0 amide bonds. The van der Waals surface area contributed by atoms with E-state index in [0.29, 0.717) is 25.7 Å². The molecule has 17 nitrogen and oxygen atoms in total. The van der Waals surface area contributed by atoms with Crippen LogP contribution in [0.3, 0.4) is 0 Å². The number of phosphoric acid groups is 2. The first-order chi connectivity index (χ1) is 45.0.